The Bertz CT molecular complexity index is 975. The van der Waals surface area contributed by atoms with Crippen molar-refractivity contribution in [3.8, 4) is 11.1 Å². The fraction of sp³-hybridized carbons (Fsp3) is 0.400. The molecule has 2 amide bonds. The van der Waals surface area contributed by atoms with Gasteiger partial charge >= 0.3 is 12.1 Å². The van der Waals surface area contributed by atoms with Gasteiger partial charge in [-0.1, -0.05) is 55.5 Å². The van der Waals surface area contributed by atoms with Crippen LogP contribution in [0, 0.1) is 17.8 Å². The van der Waals surface area contributed by atoms with E-state index in [2.05, 4.69) is 34.9 Å². The molecule has 0 aliphatic heterocycles. The number of hydrogen-bond donors (Lipinski definition) is 3. The molecule has 7 heteroatoms. The van der Waals surface area contributed by atoms with Gasteiger partial charge in [-0.15, -0.1) is 0 Å². The molecule has 1 saturated carbocycles. The number of carbonyl (C=O) groups is 3. The molecule has 2 aromatic rings. The fourth-order valence-electron chi connectivity index (χ4n) is 4.32. The normalized spacial score (nSPS) is 19.4. The quantitative estimate of drug-likeness (QED) is 0.559. The Morgan fingerprint density at radius 2 is 1.66 bits per heavy atom. The van der Waals surface area contributed by atoms with E-state index in [4.69, 9.17) is 9.84 Å². The summed E-state index contributed by atoms with van der Waals surface area (Å²) < 4.78 is 5.52. The molecule has 0 aromatic heterocycles. The summed E-state index contributed by atoms with van der Waals surface area (Å²) >= 11 is 0. The van der Waals surface area contributed by atoms with Crippen molar-refractivity contribution in [3.05, 3.63) is 59.7 Å². The van der Waals surface area contributed by atoms with Crippen LogP contribution in [-0.4, -0.2) is 42.8 Å². The lowest BCUT2D eigenvalue weighted by Gasteiger charge is -2.14. The SMILES string of the molecule is CC(CCNC(=O)[C@H]1C[C@H]1CNC(=O)OCC1c2ccccc2-c2ccccc21)C(=O)O. The molecule has 1 unspecified atom stereocenters. The third-order valence-corrected chi connectivity index (χ3v) is 6.41. The third kappa shape index (κ3) is 4.77. The largest absolute Gasteiger partial charge is 0.481 e. The molecule has 0 spiro atoms. The van der Waals surface area contributed by atoms with Gasteiger partial charge < -0.3 is 20.5 Å². The topological polar surface area (TPSA) is 105 Å². The Labute approximate surface area is 187 Å². The monoisotopic (exact) mass is 436 g/mol. The number of fused-ring (bicyclic) bond motifs is 3. The van der Waals surface area contributed by atoms with Gasteiger partial charge in [0.25, 0.3) is 0 Å². The van der Waals surface area contributed by atoms with Crippen molar-refractivity contribution >= 4 is 18.0 Å². The summed E-state index contributed by atoms with van der Waals surface area (Å²) in [5, 5.41) is 14.4. The van der Waals surface area contributed by atoms with Crippen molar-refractivity contribution < 1.29 is 24.2 Å². The summed E-state index contributed by atoms with van der Waals surface area (Å²) in [5.74, 6) is -1.46. The highest BCUT2D eigenvalue weighted by atomic mass is 16.5. The highest BCUT2D eigenvalue weighted by Gasteiger charge is 2.42. The van der Waals surface area contributed by atoms with Crippen LogP contribution in [0.25, 0.3) is 11.1 Å². The predicted molar refractivity (Wildman–Crippen MR) is 119 cm³/mol. The molecule has 2 aromatic carbocycles. The van der Waals surface area contributed by atoms with Gasteiger partial charge in [0.2, 0.25) is 5.91 Å². The van der Waals surface area contributed by atoms with E-state index in [1.165, 1.54) is 11.1 Å². The molecule has 1 fully saturated rings. The van der Waals surface area contributed by atoms with Gasteiger partial charge in [0.1, 0.15) is 6.61 Å². The summed E-state index contributed by atoms with van der Waals surface area (Å²) in [6.45, 7) is 2.61. The Balaban J connectivity index is 1.20. The highest BCUT2D eigenvalue weighted by Crippen LogP contribution is 2.44. The van der Waals surface area contributed by atoms with E-state index >= 15 is 0 Å². The number of aliphatic carboxylic acids is 1. The summed E-state index contributed by atoms with van der Waals surface area (Å²) in [6, 6.07) is 16.4. The Hall–Kier alpha value is -3.35. The summed E-state index contributed by atoms with van der Waals surface area (Å²) in [6.07, 6.45) is 0.633. The number of hydrogen-bond acceptors (Lipinski definition) is 4. The van der Waals surface area contributed by atoms with Gasteiger partial charge in [0.15, 0.2) is 0 Å². The van der Waals surface area contributed by atoms with Gasteiger partial charge in [-0.3, -0.25) is 9.59 Å². The fourth-order valence-corrected chi connectivity index (χ4v) is 4.32. The number of ether oxygens (including phenoxy) is 1. The molecule has 168 valence electrons. The van der Waals surface area contributed by atoms with E-state index in [1.807, 2.05) is 24.3 Å². The Kier molecular flexibility index (Phi) is 6.44. The predicted octanol–water partition coefficient (Wildman–Crippen LogP) is 3.39. The lowest BCUT2D eigenvalue weighted by molar-refractivity contribution is -0.141. The maximum absolute atomic E-state index is 12.3. The first-order chi connectivity index (χ1) is 15.5. The van der Waals surface area contributed by atoms with Crippen molar-refractivity contribution in [1.82, 2.24) is 10.6 Å². The summed E-state index contributed by atoms with van der Waals surface area (Å²) in [4.78, 5) is 35.2. The van der Waals surface area contributed by atoms with E-state index in [-0.39, 0.29) is 30.3 Å². The summed E-state index contributed by atoms with van der Waals surface area (Å²) in [5.41, 5.74) is 4.69. The van der Waals surface area contributed by atoms with Gasteiger partial charge in [-0.2, -0.15) is 0 Å². The van der Waals surface area contributed by atoms with Crippen LogP contribution in [0.3, 0.4) is 0 Å². The van der Waals surface area contributed by atoms with Crippen molar-refractivity contribution in [3.63, 3.8) is 0 Å². The molecule has 0 saturated heterocycles. The van der Waals surface area contributed by atoms with Crippen LogP contribution < -0.4 is 10.6 Å². The molecule has 3 N–H and O–H groups in total. The second kappa shape index (κ2) is 9.42. The molecular formula is C25H28N2O5. The first-order valence-corrected chi connectivity index (χ1v) is 11.0. The van der Waals surface area contributed by atoms with Gasteiger partial charge in [0, 0.05) is 24.9 Å². The van der Waals surface area contributed by atoms with Crippen molar-refractivity contribution in [2.45, 2.75) is 25.7 Å². The zero-order chi connectivity index (χ0) is 22.7. The van der Waals surface area contributed by atoms with Crippen LogP contribution >= 0.6 is 0 Å². The highest BCUT2D eigenvalue weighted by molar-refractivity contribution is 5.82. The van der Waals surface area contributed by atoms with Crippen LogP contribution in [0.15, 0.2) is 48.5 Å². The van der Waals surface area contributed by atoms with Crippen LogP contribution in [0.2, 0.25) is 0 Å². The number of nitrogens with one attached hydrogen (secondary N) is 2. The van der Waals surface area contributed by atoms with Gasteiger partial charge in [-0.05, 0) is 41.0 Å². The first-order valence-electron chi connectivity index (χ1n) is 11.0. The molecule has 0 radical (unpaired) electrons. The van der Waals surface area contributed by atoms with E-state index in [0.717, 1.165) is 11.1 Å². The van der Waals surface area contributed by atoms with Gasteiger partial charge in [0.05, 0.1) is 5.92 Å². The lowest BCUT2D eigenvalue weighted by atomic mass is 9.98. The maximum atomic E-state index is 12.3. The Morgan fingerprint density at radius 1 is 1.03 bits per heavy atom. The van der Waals surface area contributed by atoms with E-state index in [0.29, 0.717) is 25.9 Å². The minimum atomic E-state index is -0.865. The zero-order valence-electron chi connectivity index (χ0n) is 18.0. The first kappa shape index (κ1) is 21.9. The minimum absolute atomic E-state index is 0.0146. The average Bonchev–Trinajstić information content (AvgIpc) is 3.51. The van der Waals surface area contributed by atoms with Crippen molar-refractivity contribution in [2.24, 2.45) is 17.8 Å². The van der Waals surface area contributed by atoms with Crippen LogP contribution in [0.5, 0.6) is 0 Å². The maximum Gasteiger partial charge on any atom is 0.407 e. The number of carboxylic acids is 1. The third-order valence-electron chi connectivity index (χ3n) is 6.41. The molecule has 0 heterocycles. The second-order valence-electron chi connectivity index (χ2n) is 8.63. The second-order valence-corrected chi connectivity index (χ2v) is 8.63. The number of benzene rings is 2. The molecule has 3 atom stereocenters. The van der Waals surface area contributed by atoms with Crippen LogP contribution in [0.4, 0.5) is 4.79 Å². The van der Waals surface area contributed by atoms with E-state index in [1.54, 1.807) is 6.92 Å². The number of amides is 2. The molecule has 7 nitrogen and oxygen atoms in total. The molecule has 4 rings (SSSR count). The minimum Gasteiger partial charge on any atom is -0.481 e. The van der Waals surface area contributed by atoms with Crippen molar-refractivity contribution in [2.75, 3.05) is 19.7 Å². The molecule has 32 heavy (non-hydrogen) atoms. The standard InChI is InChI=1S/C25H28N2O5/c1-15(24(29)30)10-11-26-23(28)21-12-16(21)13-27-25(31)32-14-22-19-8-4-2-6-17(19)18-7-3-5-9-20(18)22/h2-9,15-16,21-22H,10-14H2,1H3,(H,26,28)(H,27,31)(H,29,30)/t15?,16-,21-/m0/s1. The summed E-state index contributed by atoms with van der Waals surface area (Å²) in [7, 11) is 0. The zero-order valence-corrected chi connectivity index (χ0v) is 18.0. The Morgan fingerprint density at radius 3 is 2.28 bits per heavy atom. The number of rotatable bonds is 9. The number of carbonyl (C=O) groups excluding carboxylic acids is 2. The molecule has 2 aliphatic rings. The smallest absolute Gasteiger partial charge is 0.407 e. The molecule has 0 bridgehead atoms. The number of alkyl carbamates (subject to hydrolysis) is 1. The molecular weight excluding hydrogens is 408 g/mol. The van der Waals surface area contributed by atoms with Crippen molar-refractivity contribution in [1.29, 1.82) is 0 Å². The number of carboxylic acid groups (broad SMARTS) is 1. The van der Waals surface area contributed by atoms with E-state index < -0.39 is 18.0 Å². The van der Waals surface area contributed by atoms with Crippen LogP contribution in [-0.2, 0) is 14.3 Å². The van der Waals surface area contributed by atoms with E-state index in [9.17, 15) is 14.4 Å². The van der Waals surface area contributed by atoms with Crippen LogP contribution in [0.1, 0.15) is 36.8 Å². The average molecular weight is 437 g/mol. The van der Waals surface area contributed by atoms with Gasteiger partial charge in [-0.25, -0.2) is 4.79 Å². The molecule has 2 aliphatic carbocycles. The lowest BCUT2D eigenvalue weighted by Crippen LogP contribution is -2.31.